The molecule has 35 heavy (non-hydrogen) atoms. The summed E-state index contributed by atoms with van der Waals surface area (Å²) in [6, 6.07) is 13.0. The minimum atomic E-state index is -3.91. The highest BCUT2D eigenvalue weighted by atomic mass is 35.5. The molecule has 4 rings (SSSR count). The van der Waals surface area contributed by atoms with Crippen molar-refractivity contribution in [2.45, 2.75) is 38.1 Å². The zero-order valence-corrected chi connectivity index (χ0v) is 22.5. The molecule has 0 unspecified atom stereocenters. The Labute approximate surface area is 216 Å². The van der Waals surface area contributed by atoms with Crippen LogP contribution >= 0.6 is 22.9 Å². The number of halogens is 1. The van der Waals surface area contributed by atoms with Crippen molar-refractivity contribution in [3.8, 4) is 0 Å². The number of benzene rings is 2. The molecule has 1 atom stereocenters. The molecule has 0 radical (unpaired) electrons. The largest absolute Gasteiger partial charge is 0.330 e. The van der Waals surface area contributed by atoms with Gasteiger partial charge in [-0.1, -0.05) is 47.5 Å². The summed E-state index contributed by atoms with van der Waals surface area (Å²) >= 11 is 7.80. The minimum Gasteiger partial charge on any atom is -0.330 e. The third kappa shape index (κ3) is 5.09. The fraction of sp³-hybridized carbons (Fsp3) is 0.296. The first-order valence-electron chi connectivity index (χ1n) is 11.4. The first-order valence-corrected chi connectivity index (χ1v) is 14.1. The topological polar surface area (TPSA) is 57.7 Å². The number of aryl methyl sites for hydroxylation is 3. The molecule has 5 nitrogen and oxygen atoms in total. The Bertz CT molecular complexity index is 1340. The molecule has 3 aromatic rings. The maximum atomic E-state index is 13.7. The summed E-state index contributed by atoms with van der Waals surface area (Å²) in [6.45, 7) is 9.56. The fourth-order valence-corrected chi connectivity index (χ4v) is 7.73. The Morgan fingerprint density at radius 2 is 1.83 bits per heavy atom. The Morgan fingerprint density at radius 1 is 1.17 bits per heavy atom. The molecule has 0 saturated heterocycles. The lowest BCUT2D eigenvalue weighted by atomic mass is 9.93. The number of amides is 1. The molecule has 0 saturated carbocycles. The minimum absolute atomic E-state index is 0.0456. The van der Waals surface area contributed by atoms with Crippen LogP contribution in [0.15, 0.2) is 65.4 Å². The van der Waals surface area contributed by atoms with Gasteiger partial charge in [-0.3, -0.25) is 4.79 Å². The number of hydrogen-bond donors (Lipinski definition) is 0. The highest BCUT2D eigenvalue weighted by Gasteiger charge is 2.36. The third-order valence-corrected chi connectivity index (χ3v) is 9.69. The molecule has 1 aliphatic rings. The van der Waals surface area contributed by atoms with E-state index in [1.54, 1.807) is 30.1 Å². The lowest BCUT2D eigenvalue weighted by molar-refractivity contribution is -0.133. The van der Waals surface area contributed by atoms with Gasteiger partial charge in [0.25, 0.3) is 0 Å². The summed E-state index contributed by atoms with van der Waals surface area (Å²) < 4.78 is 28.7. The van der Waals surface area contributed by atoms with Gasteiger partial charge in [-0.2, -0.15) is 4.31 Å². The standard InChI is InChI=1S/C27H29ClN2O3S2/c1-5-12-29(35(32,33)27-19(3)15-18(2)16-20(27)4)17-25(31)30-13-10-24-23(11-14-34-24)26(30)21-6-8-22(28)9-7-21/h5-9,11,14-16,26H,1,10,12-13,17H2,2-4H3/t26-/m1/s1. The number of carbonyl (C=O) groups is 1. The van der Waals surface area contributed by atoms with Gasteiger partial charge in [-0.15, -0.1) is 17.9 Å². The third-order valence-electron chi connectivity index (χ3n) is 6.32. The lowest BCUT2D eigenvalue weighted by Crippen LogP contribution is -2.47. The fourth-order valence-electron chi connectivity index (χ4n) is 4.93. The van der Waals surface area contributed by atoms with Gasteiger partial charge in [0.15, 0.2) is 0 Å². The number of sulfonamides is 1. The van der Waals surface area contributed by atoms with Gasteiger partial charge in [0.05, 0.1) is 17.5 Å². The summed E-state index contributed by atoms with van der Waals surface area (Å²) in [5.41, 5.74) is 4.37. The first kappa shape index (κ1) is 25.6. The SMILES string of the molecule is C=CCN(CC(=O)N1CCc2sccc2[C@H]1c1ccc(Cl)cc1)S(=O)(=O)c1c(C)cc(C)cc1C. The number of rotatable bonds is 7. The summed E-state index contributed by atoms with van der Waals surface area (Å²) in [6.07, 6.45) is 2.26. The molecular formula is C27H29ClN2O3S2. The van der Waals surface area contributed by atoms with E-state index in [9.17, 15) is 13.2 Å². The van der Waals surface area contributed by atoms with Crippen molar-refractivity contribution < 1.29 is 13.2 Å². The van der Waals surface area contributed by atoms with E-state index >= 15 is 0 Å². The number of carbonyl (C=O) groups excluding carboxylic acids is 1. The van der Waals surface area contributed by atoms with Crippen LogP contribution in [0, 0.1) is 20.8 Å². The highest BCUT2D eigenvalue weighted by Crippen LogP contribution is 2.38. The van der Waals surface area contributed by atoms with Crippen molar-refractivity contribution >= 4 is 38.9 Å². The molecular weight excluding hydrogens is 500 g/mol. The summed E-state index contributed by atoms with van der Waals surface area (Å²) in [5, 5.41) is 2.67. The van der Waals surface area contributed by atoms with Crippen LogP contribution in [0.1, 0.15) is 38.7 Å². The van der Waals surface area contributed by atoms with Crippen LogP contribution < -0.4 is 0 Å². The molecule has 0 aliphatic carbocycles. The smallest absolute Gasteiger partial charge is 0.244 e. The van der Waals surface area contributed by atoms with Crippen LogP contribution in [0.4, 0.5) is 0 Å². The van der Waals surface area contributed by atoms with Crippen LogP contribution in [-0.2, 0) is 21.2 Å². The molecule has 1 aromatic heterocycles. The van der Waals surface area contributed by atoms with Crippen LogP contribution in [0.25, 0.3) is 0 Å². The predicted molar refractivity (Wildman–Crippen MR) is 143 cm³/mol. The Morgan fingerprint density at radius 3 is 2.46 bits per heavy atom. The van der Waals surface area contributed by atoms with Crippen LogP contribution in [0.3, 0.4) is 0 Å². The maximum Gasteiger partial charge on any atom is 0.244 e. The van der Waals surface area contributed by atoms with Crippen molar-refractivity contribution in [3.05, 3.63) is 98.2 Å². The normalized spacial score (nSPS) is 15.8. The van der Waals surface area contributed by atoms with Crippen molar-refractivity contribution in [1.82, 2.24) is 9.21 Å². The molecule has 0 bridgehead atoms. The molecule has 184 valence electrons. The quantitative estimate of drug-likeness (QED) is 0.371. The molecule has 8 heteroatoms. The summed E-state index contributed by atoms with van der Waals surface area (Å²) in [4.78, 5) is 17.0. The molecule has 1 aliphatic heterocycles. The van der Waals surface area contributed by atoms with Gasteiger partial charge in [0.2, 0.25) is 15.9 Å². The lowest BCUT2D eigenvalue weighted by Gasteiger charge is -2.37. The Hall–Kier alpha value is -2.45. The van der Waals surface area contributed by atoms with E-state index in [4.69, 9.17) is 11.6 Å². The zero-order chi connectivity index (χ0) is 25.3. The monoisotopic (exact) mass is 528 g/mol. The van der Waals surface area contributed by atoms with Crippen molar-refractivity contribution in [1.29, 1.82) is 0 Å². The molecule has 2 aromatic carbocycles. The Balaban J connectivity index is 1.69. The van der Waals surface area contributed by atoms with E-state index < -0.39 is 10.0 Å². The second-order valence-corrected chi connectivity index (χ2v) is 12.2. The molecule has 0 N–H and O–H groups in total. The molecule has 0 fully saturated rings. The Kier molecular flexibility index (Phi) is 7.52. The van der Waals surface area contributed by atoms with E-state index in [1.165, 1.54) is 15.3 Å². The predicted octanol–water partition coefficient (Wildman–Crippen LogP) is 5.68. The average molecular weight is 529 g/mol. The van der Waals surface area contributed by atoms with Crippen molar-refractivity contribution in [3.63, 3.8) is 0 Å². The molecule has 0 spiro atoms. The van der Waals surface area contributed by atoms with Gasteiger partial charge in [0, 0.05) is 23.0 Å². The zero-order valence-electron chi connectivity index (χ0n) is 20.1. The van der Waals surface area contributed by atoms with Crippen LogP contribution in [0.5, 0.6) is 0 Å². The number of thiophene rings is 1. The number of fused-ring (bicyclic) bond motifs is 1. The van der Waals surface area contributed by atoms with Gasteiger partial charge < -0.3 is 4.90 Å². The van der Waals surface area contributed by atoms with E-state index in [0.717, 1.165) is 23.1 Å². The van der Waals surface area contributed by atoms with E-state index in [2.05, 4.69) is 12.6 Å². The van der Waals surface area contributed by atoms with E-state index in [-0.39, 0.29) is 29.9 Å². The summed E-state index contributed by atoms with van der Waals surface area (Å²) in [5.74, 6) is -0.241. The molecule has 2 heterocycles. The highest BCUT2D eigenvalue weighted by molar-refractivity contribution is 7.89. The van der Waals surface area contributed by atoms with Crippen molar-refractivity contribution in [2.24, 2.45) is 0 Å². The summed E-state index contributed by atoms with van der Waals surface area (Å²) in [7, 11) is -3.91. The van der Waals surface area contributed by atoms with E-state index in [1.807, 2.05) is 48.7 Å². The molecule has 1 amide bonds. The second-order valence-electron chi connectivity index (χ2n) is 8.90. The van der Waals surface area contributed by atoms with Gasteiger partial charge >= 0.3 is 0 Å². The number of hydrogen-bond acceptors (Lipinski definition) is 4. The maximum absolute atomic E-state index is 13.7. The van der Waals surface area contributed by atoms with Gasteiger partial charge in [-0.05, 0) is 73.0 Å². The average Bonchev–Trinajstić information content (AvgIpc) is 3.26. The van der Waals surface area contributed by atoms with E-state index in [0.29, 0.717) is 22.7 Å². The van der Waals surface area contributed by atoms with Crippen LogP contribution in [-0.4, -0.2) is 43.2 Å². The van der Waals surface area contributed by atoms with Gasteiger partial charge in [-0.25, -0.2) is 8.42 Å². The second kappa shape index (κ2) is 10.3. The number of nitrogens with zero attached hydrogens (tertiary/aromatic N) is 2. The van der Waals surface area contributed by atoms with Crippen molar-refractivity contribution in [2.75, 3.05) is 19.6 Å². The van der Waals surface area contributed by atoms with Crippen LogP contribution in [0.2, 0.25) is 5.02 Å². The van der Waals surface area contributed by atoms with Gasteiger partial charge in [0.1, 0.15) is 0 Å². The first-order chi connectivity index (χ1) is 16.6.